The van der Waals surface area contributed by atoms with Crippen molar-refractivity contribution >= 4 is 23.4 Å². The maximum atomic E-state index is 12.4. The molecule has 1 amide bonds. The van der Waals surface area contributed by atoms with Gasteiger partial charge in [0.2, 0.25) is 5.89 Å². The standard InChI is InChI=1S/C35H39N3O6/c1-24-32(38-34(44-24)26-12-16-30(17-13-26)36-28-8-4-2-5-9-28)20-21-42-31-18-14-25(15-19-33(39)40)27(22-31)23-43-35(41)37-29-10-6-3-7-11-29/h2,4-5,8-9,12-14,16-18,22,29,36H,3,6-7,10-11,15,19-21,23H2,1H3,(H,37,41)(H,39,40). The van der Waals surface area contributed by atoms with Gasteiger partial charge in [-0.25, -0.2) is 9.78 Å². The molecule has 1 aliphatic carbocycles. The van der Waals surface area contributed by atoms with Crippen molar-refractivity contribution in [3.63, 3.8) is 0 Å². The van der Waals surface area contributed by atoms with E-state index in [4.69, 9.17) is 18.9 Å². The van der Waals surface area contributed by atoms with E-state index in [-0.39, 0.29) is 19.1 Å². The van der Waals surface area contributed by atoms with Gasteiger partial charge in [0.1, 0.15) is 18.1 Å². The molecule has 9 nitrogen and oxygen atoms in total. The van der Waals surface area contributed by atoms with E-state index in [2.05, 4.69) is 10.6 Å². The third kappa shape index (κ3) is 8.86. The number of carboxylic acids is 1. The minimum atomic E-state index is -0.880. The summed E-state index contributed by atoms with van der Waals surface area (Å²) in [6.45, 7) is 2.29. The van der Waals surface area contributed by atoms with Crippen molar-refractivity contribution in [3.8, 4) is 17.2 Å². The summed E-state index contributed by atoms with van der Waals surface area (Å²) in [5.41, 5.74) is 5.23. The Morgan fingerprint density at radius 2 is 1.68 bits per heavy atom. The maximum Gasteiger partial charge on any atom is 0.407 e. The summed E-state index contributed by atoms with van der Waals surface area (Å²) in [5, 5.41) is 15.5. The second kappa shape index (κ2) is 15.1. The minimum absolute atomic E-state index is 0.0124. The summed E-state index contributed by atoms with van der Waals surface area (Å²) >= 11 is 0. The largest absolute Gasteiger partial charge is 0.493 e. The first-order valence-electron chi connectivity index (χ1n) is 15.2. The molecule has 3 N–H and O–H groups in total. The van der Waals surface area contributed by atoms with Gasteiger partial charge in [-0.3, -0.25) is 4.79 Å². The van der Waals surface area contributed by atoms with Crippen LogP contribution in [0.4, 0.5) is 16.2 Å². The number of oxazole rings is 1. The summed E-state index contributed by atoms with van der Waals surface area (Å²) in [5.74, 6) is 1.02. The maximum absolute atomic E-state index is 12.4. The Bertz CT molecular complexity index is 1530. The highest BCUT2D eigenvalue weighted by Crippen LogP contribution is 2.26. The molecule has 1 aromatic heterocycles. The number of alkyl carbamates (subject to hydrolysis) is 1. The van der Waals surface area contributed by atoms with Crippen molar-refractivity contribution in [3.05, 3.63) is 95.4 Å². The molecule has 9 heteroatoms. The number of rotatable bonds is 13. The van der Waals surface area contributed by atoms with E-state index in [1.165, 1.54) is 6.42 Å². The van der Waals surface area contributed by atoms with Crippen LogP contribution >= 0.6 is 0 Å². The third-order valence-corrected chi connectivity index (χ3v) is 7.77. The fourth-order valence-electron chi connectivity index (χ4n) is 5.34. The molecule has 0 atom stereocenters. The number of para-hydroxylation sites is 1. The molecule has 0 bridgehead atoms. The number of ether oxygens (including phenoxy) is 2. The summed E-state index contributed by atoms with van der Waals surface area (Å²) in [7, 11) is 0. The monoisotopic (exact) mass is 597 g/mol. The molecule has 0 radical (unpaired) electrons. The van der Waals surface area contributed by atoms with Gasteiger partial charge in [-0.15, -0.1) is 0 Å². The molecule has 1 aliphatic rings. The molecule has 230 valence electrons. The van der Waals surface area contributed by atoms with Crippen LogP contribution in [0.25, 0.3) is 11.5 Å². The first kappa shape index (κ1) is 30.7. The number of aromatic nitrogens is 1. The SMILES string of the molecule is Cc1oc(-c2ccc(Nc3ccccc3)cc2)nc1CCOc1ccc(CCC(=O)O)c(COC(=O)NC2CCCCC2)c1. The molecule has 1 heterocycles. The number of benzene rings is 3. The highest BCUT2D eigenvalue weighted by molar-refractivity contribution is 5.68. The van der Waals surface area contributed by atoms with Crippen LogP contribution in [0.1, 0.15) is 61.1 Å². The number of aliphatic carboxylic acids is 1. The molecule has 0 spiro atoms. The molecular weight excluding hydrogens is 558 g/mol. The van der Waals surface area contributed by atoms with Crippen molar-refractivity contribution in [1.82, 2.24) is 10.3 Å². The van der Waals surface area contributed by atoms with Crippen molar-refractivity contribution < 1.29 is 28.6 Å². The first-order chi connectivity index (χ1) is 21.4. The van der Waals surface area contributed by atoms with E-state index in [0.29, 0.717) is 31.1 Å². The number of carbonyl (C=O) groups excluding carboxylic acids is 1. The van der Waals surface area contributed by atoms with E-state index in [1.807, 2.05) is 79.7 Å². The smallest absolute Gasteiger partial charge is 0.407 e. The van der Waals surface area contributed by atoms with E-state index in [0.717, 1.165) is 65.2 Å². The first-order valence-corrected chi connectivity index (χ1v) is 15.2. The lowest BCUT2D eigenvalue weighted by Crippen LogP contribution is -2.36. The van der Waals surface area contributed by atoms with Crippen LogP contribution in [0.2, 0.25) is 0 Å². The van der Waals surface area contributed by atoms with E-state index in [1.54, 1.807) is 0 Å². The lowest BCUT2D eigenvalue weighted by Gasteiger charge is -2.22. The van der Waals surface area contributed by atoms with E-state index >= 15 is 0 Å². The van der Waals surface area contributed by atoms with Gasteiger partial charge in [0, 0.05) is 35.8 Å². The van der Waals surface area contributed by atoms with Gasteiger partial charge in [-0.1, -0.05) is 43.5 Å². The van der Waals surface area contributed by atoms with Crippen LogP contribution in [-0.4, -0.2) is 34.8 Å². The fourth-order valence-corrected chi connectivity index (χ4v) is 5.34. The Kier molecular flexibility index (Phi) is 10.5. The number of carboxylic acid groups (broad SMARTS) is 1. The van der Waals surface area contributed by atoms with Gasteiger partial charge in [-0.2, -0.15) is 0 Å². The zero-order valence-electron chi connectivity index (χ0n) is 25.0. The average Bonchev–Trinajstić information content (AvgIpc) is 3.40. The van der Waals surface area contributed by atoms with Gasteiger partial charge >= 0.3 is 12.1 Å². The lowest BCUT2D eigenvalue weighted by atomic mass is 9.96. The van der Waals surface area contributed by atoms with Gasteiger partial charge in [0.15, 0.2) is 0 Å². The molecule has 5 rings (SSSR count). The number of aryl methyl sites for hydroxylation is 2. The van der Waals surface area contributed by atoms with Crippen molar-refractivity contribution in [1.29, 1.82) is 0 Å². The number of nitrogens with one attached hydrogen (secondary N) is 2. The summed E-state index contributed by atoms with van der Waals surface area (Å²) in [6.07, 6.45) is 5.76. The Balaban J connectivity index is 1.17. The number of nitrogens with zero attached hydrogens (tertiary/aromatic N) is 1. The van der Waals surface area contributed by atoms with Crippen LogP contribution in [-0.2, 0) is 29.0 Å². The van der Waals surface area contributed by atoms with Crippen LogP contribution in [0.15, 0.2) is 77.2 Å². The predicted octanol–water partition coefficient (Wildman–Crippen LogP) is 7.59. The zero-order chi connectivity index (χ0) is 30.7. The number of amides is 1. The second-order valence-corrected chi connectivity index (χ2v) is 11.1. The Morgan fingerprint density at radius 3 is 2.43 bits per heavy atom. The van der Waals surface area contributed by atoms with Crippen LogP contribution in [0.3, 0.4) is 0 Å². The predicted molar refractivity (Wildman–Crippen MR) is 168 cm³/mol. The fraction of sp³-hybridized carbons (Fsp3) is 0.343. The highest BCUT2D eigenvalue weighted by atomic mass is 16.5. The molecule has 0 aliphatic heterocycles. The molecule has 44 heavy (non-hydrogen) atoms. The Labute approximate surface area is 257 Å². The molecule has 1 fully saturated rings. The van der Waals surface area contributed by atoms with Crippen molar-refractivity contribution in [2.24, 2.45) is 0 Å². The molecule has 0 saturated heterocycles. The molecule has 4 aromatic rings. The van der Waals surface area contributed by atoms with Gasteiger partial charge in [0.05, 0.1) is 12.3 Å². The molecule has 3 aromatic carbocycles. The van der Waals surface area contributed by atoms with Crippen molar-refractivity contribution in [2.45, 2.75) is 70.9 Å². The second-order valence-electron chi connectivity index (χ2n) is 11.1. The number of anilines is 2. The topological polar surface area (TPSA) is 123 Å². The van der Waals surface area contributed by atoms with Crippen LogP contribution in [0.5, 0.6) is 5.75 Å². The van der Waals surface area contributed by atoms with Gasteiger partial charge < -0.3 is 29.6 Å². The summed E-state index contributed by atoms with van der Waals surface area (Å²) in [4.78, 5) is 28.3. The molecule has 0 unspecified atom stereocenters. The zero-order valence-corrected chi connectivity index (χ0v) is 25.0. The summed E-state index contributed by atoms with van der Waals surface area (Å²) < 4.78 is 17.5. The number of hydrogen-bond acceptors (Lipinski definition) is 7. The normalized spacial score (nSPS) is 13.3. The van der Waals surface area contributed by atoms with E-state index in [9.17, 15) is 14.7 Å². The van der Waals surface area contributed by atoms with Crippen molar-refractivity contribution in [2.75, 3.05) is 11.9 Å². The van der Waals surface area contributed by atoms with Gasteiger partial charge in [0.25, 0.3) is 0 Å². The Hall–Kier alpha value is -4.79. The number of carbonyl (C=O) groups is 2. The van der Waals surface area contributed by atoms with Gasteiger partial charge in [-0.05, 0) is 85.8 Å². The number of hydrogen-bond donors (Lipinski definition) is 3. The Morgan fingerprint density at radius 1 is 0.932 bits per heavy atom. The minimum Gasteiger partial charge on any atom is -0.493 e. The quantitative estimate of drug-likeness (QED) is 0.144. The third-order valence-electron chi connectivity index (χ3n) is 7.77. The highest BCUT2D eigenvalue weighted by Gasteiger charge is 2.17. The average molecular weight is 598 g/mol. The molecule has 1 saturated carbocycles. The van der Waals surface area contributed by atoms with E-state index < -0.39 is 12.1 Å². The van der Waals surface area contributed by atoms with Crippen LogP contribution in [0, 0.1) is 6.92 Å². The molecular formula is C35H39N3O6. The van der Waals surface area contributed by atoms with Crippen LogP contribution < -0.4 is 15.4 Å². The lowest BCUT2D eigenvalue weighted by molar-refractivity contribution is -0.136. The summed E-state index contributed by atoms with van der Waals surface area (Å²) in [6, 6.07) is 23.5.